The minimum absolute atomic E-state index is 0.181. The van der Waals surface area contributed by atoms with E-state index >= 15 is 0 Å². The van der Waals surface area contributed by atoms with Crippen LogP contribution < -0.4 is 5.32 Å². The number of hydrogen-bond acceptors (Lipinski definition) is 2. The average molecular weight is 233 g/mol. The minimum Gasteiger partial charge on any atom is -0.391 e. The first-order valence-electron chi connectivity index (χ1n) is 5.82. The normalized spacial score (nSPS) is 12.6. The first kappa shape index (κ1) is 13.5. The number of nitrogens with one attached hydrogen (secondary N) is 1. The summed E-state index contributed by atoms with van der Waals surface area (Å²) in [5.41, 5.74) is 2.16. The molecule has 0 fully saturated rings. The zero-order valence-corrected chi connectivity index (χ0v) is 10.3. The summed E-state index contributed by atoms with van der Waals surface area (Å²) in [6.45, 7) is 4.18. The van der Waals surface area contributed by atoms with E-state index in [4.69, 9.17) is 0 Å². The van der Waals surface area contributed by atoms with E-state index in [-0.39, 0.29) is 5.91 Å². The van der Waals surface area contributed by atoms with Crippen LogP contribution in [0.5, 0.6) is 0 Å². The quantitative estimate of drug-likeness (QED) is 0.763. The van der Waals surface area contributed by atoms with Gasteiger partial charge in [-0.05, 0) is 25.0 Å². The van der Waals surface area contributed by atoms with Crippen LogP contribution in [0.3, 0.4) is 0 Å². The van der Waals surface area contributed by atoms with Crippen LogP contribution in [0.25, 0.3) is 6.08 Å². The van der Waals surface area contributed by atoms with E-state index in [1.54, 1.807) is 6.08 Å². The van der Waals surface area contributed by atoms with Crippen molar-refractivity contribution in [2.75, 3.05) is 6.54 Å². The smallest absolute Gasteiger partial charge is 0.244 e. The highest BCUT2D eigenvalue weighted by atomic mass is 16.3. The molecule has 1 aromatic rings. The lowest BCUT2D eigenvalue weighted by Gasteiger charge is -2.07. The van der Waals surface area contributed by atoms with Crippen molar-refractivity contribution in [3.63, 3.8) is 0 Å². The molecule has 2 N–H and O–H groups in total. The fourth-order valence-corrected chi connectivity index (χ4v) is 1.37. The highest BCUT2D eigenvalue weighted by molar-refractivity contribution is 5.91. The van der Waals surface area contributed by atoms with Gasteiger partial charge < -0.3 is 10.4 Å². The number of hydrogen-bond donors (Lipinski definition) is 2. The molecule has 1 aromatic carbocycles. The zero-order chi connectivity index (χ0) is 12.7. The van der Waals surface area contributed by atoms with Crippen LogP contribution in [0.2, 0.25) is 0 Å². The summed E-state index contributed by atoms with van der Waals surface area (Å²) < 4.78 is 0. The molecule has 1 amide bonds. The van der Waals surface area contributed by atoms with E-state index in [2.05, 4.69) is 5.32 Å². The number of carbonyl (C=O) groups excluding carboxylic acids is 1. The van der Waals surface area contributed by atoms with Gasteiger partial charge in [-0.3, -0.25) is 4.79 Å². The zero-order valence-electron chi connectivity index (χ0n) is 10.3. The van der Waals surface area contributed by atoms with E-state index in [1.165, 1.54) is 6.08 Å². The maximum absolute atomic E-state index is 11.4. The third-order valence-corrected chi connectivity index (χ3v) is 2.45. The van der Waals surface area contributed by atoms with Gasteiger partial charge in [-0.1, -0.05) is 36.8 Å². The minimum atomic E-state index is -0.466. The summed E-state index contributed by atoms with van der Waals surface area (Å²) in [5, 5.41) is 11.9. The molecule has 3 nitrogen and oxygen atoms in total. The van der Waals surface area contributed by atoms with Gasteiger partial charge >= 0.3 is 0 Å². The summed E-state index contributed by atoms with van der Waals surface area (Å²) in [5.74, 6) is -0.181. The molecule has 1 rings (SSSR count). The van der Waals surface area contributed by atoms with Gasteiger partial charge in [-0.25, -0.2) is 0 Å². The molecule has 92 valence electrons. The number of rotatable bonds is 5. The first-order chi connectivity index (χ1) is 8.11. The Kier molecular flexibility index (Phi) is 5.43. The molecule has 0 spiro atoms. The molecule has 0 bridgehead atoms. The van der Waals surface area contributed by atoms with Gasteiger partial charge in [0.25, 0.3) is 0 Å². The predicted octanol–water partition coefficient (Wildman–Crippen LogP) is 1.90. The third kappa shape index (κ3) is 5.31. The van der Waals surface area contributed by atoms with Crippen LogP contribution in [0.4, 0.5) is 0 Å². The SMILES string of the molecule is CCC(O)CNC(=O)/C=C/c1cccc(C)c1. The van der Waals surface area contributed by atoms with Gasteiger partial charge in [-0.2, -0.15) is 0 Å². The van der Waals surface area contributed by atoms with Gasteiger partial charge in [-0.15, -0.1) is 0 Å². The Hall–Kier alpha value is -1.61. The highest BCUT2D eigenvalue weighted by Gasteiger charge is 2.01. The van der Waals surface area contributed by atoms with Crippen molar-refractivity contribution >= 4 is 12.0 Å². The molecule has 0 saturated heterocycles. The van der Waals surface area contributed by atoms with Crippen LogP contribution in [-0.2, 0) is 4.79 Å². The van der Waals surface area contributed by atoms with Crippen LogP contribution in [0.1, 0.15) is 24.5 Å². The van der Waals surface area contributed by atoms with Crippen molar-refractivity contribution in [3.05, 3.63) is 41.5 Å². The van der Waals surface area contributed by atoms with E-state index in [0.717, 1.165) is 11.1 Å². The van der Waals surface area contributed by atoms with Crippen molar-refractivity contribution in [1.82, 2.24) is 5.32 Å². The number of carbonyl (C=O) groups is 1. The van der Waals surface area contributed by atoms with Crippen LogP contribution in [0, 0.1) is 6.92 Å². The van der Waals surface area contributed by atoms with Gasteiger partial charge in [0.1, 0.15) is 0 Å². The van der Waals surface area contributed by atoms with Crippen molar-refractivity contribution in [1.29, 1.82) is 0 Å². The van der Waals surface area contributed by atoms with Gasteiger partial charge in [0.15, 0.2) is 0 Å². The molecule has 3 heteroatoms. The molecule has 1 unspecified atom stereocenters. The predicted molar refractivity (Wildman–Crippen MR) is 69.5 cm³/mol. The van der Waals surface area contributed by atoms with Crippen molar-refractivity contribution in [2.24, 2.45) is 0 Å². The lowest BCUT2D eigenvalue weighted by Crippen LogP contribution is -2.30. The Labute approximate surface area is 102 Å². The second-order valence-electron chi connectivity index (χ2n) is 4.05. The standard InChI is InChI=1S/C14H19NO2/c1-3-13(16)10-15-14(17)8-7-12-6-4-5-11(2)9-12/h4-9,13,16H,3,10H2,1-2H3,(H,15,17)/b8-7+. The molecule has 0 aliphatic rings. The average Bonchev–Trinajstić information content (AvgIpc) is 2.33. The van der Waals surface area contributed by atoms with Crippen LogP contribution in [0.15, 0.2) is 30.3 Å². The fourth-order valence-electron chi connectivity index (χ4n) is 1.37. The number of aliphatic hydroxyl groups excluding tert-OH is 1. The van der Waals surface area contributed by atoms with Crippen LogP contribution >= 0.6 is 0 Å². The number of aryl methyl sites for hydroxylation is 1. The van der Waals surface area contributed by atoms with Crippen molar-refractivity contribution < 1.29 is 9.90 Å². The maximum atomic E-state index is 11.4. The van der Waals surface area contributed by atoms with Crippen LogP contribution in [-0.4, -0.2) is 23.7 Å². The van der Waals surface area contributed by atoms with E-state index in [1.807, 2.05) is 38.1 Å². The third-order valence-electron chi connectivity index (χ3n) is 2.45. The summed E-state index contributed by atoms with van der Waals surface area (Å²) in [4.78, 5) is 11.4. The Morgan fingerprint density at radius 3 is 2.94 bits per heavy atom. The molecular formula is C14H19NO2. The largest absolute Gasteiger partial charge is 0.391 e. The lowest BCUT2D eigenvalue weighted by molar-refractivity contribution is -0.116. The monoisotopic (exact) mass is 233 g/mol. The molecule has 1 atom stereocenters. The molecule has 0 heterocycles. The van der Waals surface area contributed by atoms with Gasteiger partial charge in [0.2, 0.25) is 5.91 Å². The van der Waals surface area contributed by atoms with Crippen molar-refractivity contribution in [3.8, 4) is 0 Å². The second kappa shape index (κ2) is 6.86. The van der Waals surface area contributed by atoms with Gasteiger partial charge in [0, 0.05) is 12.6 Å². The molecule has 0 aliphatic carbocycles. The van der Waals surface area contributed by atoms with E-state index in [0.29, 0.717) is 13.0 Å². The number of aliphatic hydroxyl groups is 1. The Bertz CT molecular complexity index is 399. The summed E-state index contributed by atoms with van der Waals surface area (Å²) in [7, 11) is 0. The number of amides is 1. The Morgan fingerprint density at radius 1 is 1.53 bits per heavy atom. The molecule has 0 aromatic heterocycles. The summed E-state index contributed by atoms with van der Waals surface area (Å²) >= 11 is 0. The Morgan fingerprint density at radius 2 is 2.29 bits per heavy atom. The fraction of sp³-hybridized carbons (Fsp3) is 0.357. The Balaban J connectivity index is 2.45. The summed E-state index contributed by atoms with van der Waals surface area (Å²) in [6.07, 6.45) is 3.42. The highest BCUT2D eigenvalue weighted by Crippen LogP contribution is 2.05. The first-order valence-corrected chi connectivity index (χ1v) is 5.82. The topological polar surface area (TPSA) is 49.3 Å². The van der Waals surface area contributed by atoms with E-state index in [9.17, 15) is 9.90 Å². The second-order valence-corrected chi connectivity index (χ2v) is 4.05. The maximum Gasteiger partial charge on any atom is 0.244 e. The molecule has 0 radical (unpaired) electrons. The molecule has 0 saturated carbocycles. The molecule has 0 aliphatic heterocycles. The summed E-state index contributed by atoms with van der Waals surface area (Å²) in [6, 6.07) is 7.91. The number of benzene rings is 1. The van der Waals surface area contributed by atoms with Crippen molar-refractivity contribution in [2.45, 2.75) is 26.4 Å². The molecule has 17 heavy (non-hydrogen) atoms. The van der Waals surface area contributed by atoms with Gasteiger partial charge in [0.05, 0.1) is 6.10 Å². The van der Waals surface area contributed by atoms with E-state index < -0.39 is 6.10 Å². The lowest BCUT2D eigenvalue weighted by atomic mass is 10.1. The molecular weight excluding hydrogens is 214 g/mol.